The van der Waals surface area contributed by atoms with E-state index in [1.165, 1.54) is 11.3 Å². The molecular weight excluding hydrogens is 314 g/mol. The second kappa shape index (κ2) is 7.47. The van der Waals surface area contributed by atoms with Gasteiger partial charge in [-0.05, 0) is 6.42 Å². The summed E-state index contributed by atoms with van der Waals surface area (Å²) in [5.41, 5.74) is 4.31. The van der Waals surface area contributed by atoms with Gasteiger partial charge in [-0.2, -0.15) is 0 Å². The van der Waals surface area contributed by atoms with Crippen LogP contribution in [0.2, 0.25) is 0 Å². The maximum absolute atomic E-state index is 12.5. The molecule has 1 amide bonds. The molecule has 0 atom stereocenters. The monoisotopic (exact) mass is 333 g/mol. The van der Waals surface area contributed by atoms with Crippen LogP contribution in [-0.2, 0) is 17.6 Å². The van der Waals surface area contributed by atoms with Crippen molar-refractivity contribution in [2.24, 2.45) is 0 Å². The summed E-state index contributed by atoms with van der Waals surface area (Å²) in [6.07, 6.45) is 3.04. The lowest BCUT2D eigenvalue weighted by molar-refractivity contribution is 0.0758. The van der Waals surface area contributed by atoms with Crippen molar-refractivity contribution in [3.8, 4) is 0 Å². The quantitative estimate of drug-likeness (QED) is 0.829. The second-order valence-corrected chi connectivity index (χ2v) is 5.95. The molecule has 0 aliphatic carbocycles. The first-order valence-corrected chi connectivity index (χ1v) is 8.47. The van der Waals surface area contributed by atoms with Crippen molar-refractivity contribution in [1.82, 2.24) is 19.9 Å². The van der Waals surface area contributed by atoms with E-state index < -0.39 is 0 Å². The molecule has 0 spiro atoms. The number of hydrogen-bond donors (Lipinski definition) is 1. The van der Waals surface area contributed by atoms with E-state index in [0.29, 0.717) is 31.9 Å². The molecule has 3 heterocycles. The summed E-state index contributed by atoms with van der Waals surface area (Å²) in [7, 11) is 1.67. The molecule has 0 saturated heterocycles. The first-order valence-electron chi connectivity index (χ1n) is 7.52. The van der Waals surface area contributed by atoms with Gasteiger partial charge in [0, 0.05) is 44.1 Å². The Morgan fingerprint density at radius 1 is 1.35 bits per heavy atom. The highest BCUT2D eigenvalue weighted by molar-refractivity contribution is 7.07. The smallest absolute Gasteiger partial charge is 0.273 e. The molecule has 0 radical (unpaired) electrons. The van der Waals surface area contributed by atoms with Crippen LogP contribution in [0.15, 0.2) is 17.2 Å². The number of thiazole rings is 1. The number of carbonyl (C=O) groups excluding carboxylic acids is 1. The maximum atomic E-state index is 12.5. The average Bonchev–Trinajstić information content (AvgIpc) is 3.01. The van der Waals surface area contributed by atoms with Crippen molar-refractivity contribution in [1.29, 1.82) is 0 Å². The highest BCUT2D eigenvalue weighted by Crippen LogP contribution is 2.21. The van der Waals surface area contributed by atoms with E-state index in [0.717, 1.165) is 29.9 Å². The molecule has 23 heavy (non-hydrogen) atoms. The van der Waals surface area contributed by atoms with Crippen molar-refractivity contribution >= 4 is 23.1 Å². The van der Waals surface area contributed by atoms with Crippen LogP contribution >= 0.6 is 11.3 Å². The lowest BCUT2D eigenvalue weighted by Gasteiger charge is -2.18. The van der Waals surface area contributed by atoms with Crippen LogP contribution < -0.4 is 5.32 Å². The molecular formula is C15H19N5O2S. The molecule has 3 rings (SSSR count). The van der Waals surface area contributed by atoms with E-state index >= 15 is 0 Å². The number of hydrogen-bond acceptors (Lipinski definition) is 7. The van der Waals surface area contributed by atoms with Crippen LogP contribution in [0.5, 0.6) is 0 Å². The van der Waals surface area contributed by atoms with Gasteiger partial charge in [-0.25, -0.2) is 15.0 Å². The Labute approximate surface area is 138 Å². The van der Waals surface area contributed by atoms with Gasteiger partial charge in [-0.3, -0.25) is 4.79 Å². The van der Waals surface area contributed by atoms with Crippen LogP contribution in [0.1, 0.15) is 21.7 Å². The van der Waals surface area contributed by atoms with Gasteiger partial charge in [0.15, 0.2) is 0 Å². The van der Waals surface area contributed by atoms with Gasteiger partial charge in [0.05, 0.1) is 17.8 Å². The third-order valence-electron chi connectivity index (χ3n) is 3.82. The number of amides is 1. The summed E-state index contributed by atoms with van der Waals surface area (Å²) < 4.78 is 5.06. The second-order valence-electron chi connectivity index (χ2n) is 5.23. The predicted molar refractivity (Wildman–Crippen MR) is 87.8 cm³/mol. The van der Waals surface area contributed by atoms with Crippen LogP contribution in [-0.4, -0.2) is 59.1 Å². The number of rotatable bonds is 5. The fourth-order valence-electron chi connectivity index (χ4n) is 2.63. The van der Waals surface area contributed by atoms with E-state index in [4.69, 9.17) is 4.74 Å². The normalized spacial score (nSPS) is 14.2. The van der Waals surface area contributed by atoms with Crippen molar-refractivity contribution < 1.29 is 9.53 Å². The number of nitrogens with one attached hydrogen (secondary N) is 1. The van der Waals surface area contributed by atoms with Crippen molar-refractivity contribution in [2.45, 2.75) is 12.8 Å². The standard InChI is InChI=1S/C15H19N5O2S/c1-22-7-4-16-14-11-2-5-20(6-3-12(11)17-9-18-14)15(21)13-8-23-10-19-13/h8-10H,2-7H2,1H3,(H,16,17,18). The third kappa shape index (κ3) is 3.65. The number of nitrogens with zero attached hydrogens (tertiary/aromatic N) is 4. The van der Waals surface area contributed by atoms with Crippen molar-refractivity contribution in [2.75, 3.05) is 38.7 Å². The third-order valence-corrected chi connectivity index (χ3v) is 4.41. The minimum atomic E-state index is -0.0130. The molecule has 0 unspecified atom stereocenters. The van der Waals surface area contributed by atoms with Crippen LogP contribution in [0.4, 0.5) is 5.82 Å². The zero-order valence-electron chi connectivity index (χ0n) is 13.0. The maximum Gasteiger partial charge on any atom is 0.273 e. The molecule has 0 bridgehead atoms. The lowest BCUT2D eigenvalue weighted by Crippen LogP contribution is -2.33. The van der Waals surface area contributed by atoms with Crippen LogP contribution in [0, 0.1) is 0 Å². The Hall–Kier alpha value is -2.06. The molecule has 8 heteroatoms. The Morgan fingerprint density at radius 3 is 3.00 bits per heavy atom. The summed E-state index contributed by atoms with van der Waals surface area (Å²) >= 11 is 1.44. The average molecular weight is 333 g/mol. The van der Waals surface area contributed by atoms with E-state index in [2.05, 4.69) is 20.3 Å². The summed E-state index contributed by atoms with van der Waals surface area (Å²) in [4.78, 5) is 27.1. The number of fused-ring (bicyclic) bond motifs is 1. The Morgan fingerprint density at radius 2 is 2.22 bits per heavy atom. The van der Waals surface area contributed by atoms with E-state index in [-0.39, 0.29) is 5.91 Å². The topological polar surface area (TPSA) is 80.2 Å². The number of ether oxygens (including phenoxy) is 1. The molecule has 1 N–H and O–H groups in total. The van der Waals surface area contributed by atoms with Gasteiger partial charge < -0.3 is 15.0 Å². The largest absolute Gasteiger partial charge is 0.383 e. The minimum absolute atomic E-state index is 0.0130. The van der Waals surface area contributed by atoms with E-state index in [1.54, 1.807) is 24.3 Å². The molecule has 122 valence electrons. The summed E-state index contributed by atoms with van der Waals surface area (Å²) in [6.45, 7) is 2.61. The van der Waals surface area contributed by atoms with Gasteiger partial charge >= 0.3 is 0 Å². The molecule has 1 aliphatic rings. The van der Waals surface area contributed by atoms with Gasteiger partial charge in [0.1, 0.15) is 17.8 Å². The fraction of sp³-hybridized carbons (Fsp3) is 0.467. The Bertz CT molecular complexity index is 662. The first kappa shape index (κ1) is 15.8. The van der Waals surface area contributed by atoms with E-state index in [1.807, 2.05) is 4.90 Å². The van der Waals surface area contributed by atoms with Gasteiger partial charge in [-0.1, -0.05) is 0 Å². The first-order chi connectivity index (χ1) is 11.3. The molecule has 1 aliphatic heterocycles. The highest BCUT2D eigenvalue weighted by atomic mass is 32.1. The SMILES string of the molecule is COCCNc1ncnc2c1CCN(C(=O)c1cscn1)CC2. The van der Waals surface area contributed by atoms with Crippen molar-refractivity contribution in [3.63, 3.8) is 0 Å². The molecule has 7 nitrogen and oxygen atoms in total. The Balaban J connectivity index is 1.72. The molecule has 2 aromatic heterocycles. The summed E-state index contributed by atoms with van der Waals surface area (Å²) in [6, 6.07) is 0. The number of anilines is 1. The highest BCUT2D eigenvalue weighted by Gasteiger charge is 2.23. The predicted octanol–water partition coefficient (Wildman–Crippen LogP) is 1.23. The number of aromatic nitrogens is 3. The molecule has 0 saturated carbocycles. The molecule has 0 fully saturated rings. The summed E-state index contributed by atoms with van der Waals surface area (Å²) in [5, 5.41) is 5.07. The van der Waals surface area contributed by atoms with Crippen LogP contribution in [0.25, 0.3) is 0 Å². The number of methoxy groups -OCH3 is 1. The number of carbonyl (C=O) groups is 1. The lowest BCUT2D eigenvalue weighted by atomic mass is 10.1. The summed E-state index contributed by atoms with van der Waals surface area (Å²) in [5.74, 6) is 0.830. The van der Waals surface area contributed by atoms with Crippen molar-refractivity contribution in [3.05, 3.63) is 34.2 Å². The molecule has 2 aromatic rings. The Kier molecular flexibility index (Phi) is 5.14. The van der Waals surface area contributed by atoms with Crippen LogP contribution in [0.3, 0.4) is 0 Å². The fourth-order valence-corrected chi connectivity index (χ4v) is 3.16. The van der Waals surface area contributed by atoms with Gasteiger partial charge in [-0.15, -0.1) is 11.3 Å². The zero-order valence-corrected chi connectivity index (χ0v) is 13.8. The van der Waals surface area contributed by atoms with Gasteiger partial charge in [0.2, 0.25) is 0 Å². The van der Waals surface area contributed by atoms with Gasteiger partial charge in [0.25, 0.3) is 5.91 Å². The minimum Gasteiger partial charge on any atom is -0.383 e. The molecule has 0 aromatic carbocycles. The zero-order chi connectivity index (χ0) is 16.1. The van der Waals surface area contributed by atoms with E-state index in [9.17, 15) is 4.79 Å².